The van der Waals surface area contributed by atoms with E-state index in [1.165, 1.54) is 26.4 Å². The second-order valence-corrected chi connectivity index (χ2v) is 5.97. The molecule has 17 heavy (non-hydrogen) atoms. The van der Waals surface area contributed by atoms with E-state index >= 15 is 0 Å². The zero-order chi connectivity index (χ0) is 13.1. The summed E-state index contributed by atoms with van der Waals surface area (Å²) in [5.74, 6) is -0.258. The Bertz CT molecular complexity index is 452. The maximum Gasteiger partial charge on any atom is 0.244 e. The van der Waals surface area contributed by atoms with Crippen LogP contribution in [0.2, 0.25) is 0 Å². The van der Waals surface area contributed by atoms with Crippen LogP contribution in [-0.2, 0) is 10.0 Å². The SMILES string of the molecule is CN(C)S(=O)(=O)c1ccc(C(CN)CO)nc1. The predicted octanol–water partition coefficient (Wildman–Crippen LogP) is -0.633. The van der Waals surface area contributed by atoms with Gasteiger partial charge in [-0.3, -0.25) is 4.98 Å². The summed E-state index contributed by atoms with van der Waals surface area (Å²) < 4.78 is 24.6. The average Bonchev–Trinajstić information content (AvgIpc) is 2.31. The molecule has 0 aromatic carbocycles. The zero-order valence-electron chi connectivity index (χ0n) is 9.87. The van der Waals surface area contributed by atoms with Crippen molar-refractivity contribution in [3.63, 3.8) is 0 Å². The number of aliphatic hydroxyl groups is 1. The number of aliphatic hydroxyl groups excluding tert-OH is 1. The van der Waals surface area contributed by atoms with Gasteiger partial charge in [-0.15, -0.1) is 0 Å². The van der Waals surface area contributed by atoms with E-state index in [-0.39, 0.29) is 24.0 Å². The Hall–Kier alpha value is -1.02. The molecule has 0 aliphatic heterocycles. The third-order valence-electron chi connectivity index (χ3n) is 2.46. The zero-order valence-corrected chi connectivity index (χ0v) is 10.7. The minimum Gasteiger partial charge on any atom is -0.396 e. The van der Waals surface area contributed by atoms with Gasteiger partial charge in [0.15, 0.2) is 0 Å². The minimum atomic E-state index is -3.46. The summed E-state index contributed by atoms with van der Waals surface area (Å²) in [5.41, 5.74) is 6.05. The molecule has 0 saturated carbocycles. The molecule has 0 amide bonds. The van der Waals surface area contributed by atoms with Gasteiger partial charge in [0.1, 0.15) is 4.90 Å². The lowest BCUT2D eigenvalue weighted by Gasteiger charge is -2.13. The summed E-state index contributed by atoms with van der Waals surface area (Å²) >= 11 is 0. The molecule has 0 saturated heterocycles. The highest BCUT2D eigenvalue weighted by molar-refractivity contribution is 7.89. The van der Waals surface area contributed by atoms with E-state index in [2.05, 4.69) is 4.98 Å². The fraction of sp³-hybridized carbons (Fsp3) is 0.500. The van der Waals surface area contributed by atoms with Gasteiger partial charge < -0.3 is 10.8 Å². The van der Waals surface area contributed by atoms with Crippen molar-refractivity contribution in [2.45, 2.75) is 10.8 Å². The standard InChI is InChI=1S/C10H17N3O3S/c1-13(2)17(15,16)9-3-4-10(12-6-9)8(5-11)7-14/h3-4,6,8,14H,5,7,11H2,1-2H3. The molecule has 0 fully saturated rings. The molecule has 1 rings (SSSR count). The molecule has 1 aromatic rings. The van der Waals surface area contributed by atoms with Crippen LogP contribution in [0.15, 0.2) is 23.2 Å². The van der Waals surface area contributed by atoms with Gasteiger partial charge >= 0.3 is 0 Å². The molecule has 1 heterocycles. The highest BCUT2D eigenvalue weighted by Crippen LogP contribution is 2.16. The fourth-order valence-electron chi connectivity index (χ4n) is 1.29. The van der Waals surface area contributed by atoms with E-state index in [0.29, 0.717) is 5.69 Å². The third kappa shape index (κ3) is 3.01. The van der Waals surface area contributed by atoms with Gasteiger partial charge in [0.2, 0.25) is 10.0 Å². The van der Waals surface area contributed by atoms with Crippen LogP contribution in [0.4, 0.5) is 0 Å². The summed E-state index contributed by atoms with van der Waals surface area (Å²) in [6.45, 7) is 0.159. The molecule has 7 heteroatoms. The van der Waals surface area contributed by atoms with E-state index in [4.69, 9.17) is 10.8 Å². The number of sulfonamides is 1. The topological polar surface area (TPSA) is 96.5 Å². The van der Waals surface area contributed by atoms with Crippen molar-refractivity contribution >= 4 is 10.0 Å². The van der Waals surface area contributed by atoms with E-state index in [1.807, 2.05) is 0 Å². The van der Waals surface area contributed by atoms with Gasteiger partial charge in [0, 0.05) is 38.4 Å². The molecule has 0 spiro atoms. The third-order valence-corrected chi connectivity index (χ3v) is 4.26. The molecule has 6 nitrogen and oxygen atoms in total. The lowest BCUT2D eigenvalue weighted by Crippen LogP contribution is -2.23. The van der Waals surface area contributed by atoms with E-state index < -0.39 is 10.0 Å². The number of rotatable bonds is 5. The van der Waals surface area contributed by atoms with Gasteiger partial charge in [0.25, 0.3) is 0 Å². The number of aromatic nitrogens is 1. The molecule has 1 aromatic heterocycles. The lowest BCUT2D eigenvalue weighted by molar-refractivity contribution is 0.265. The van der Waals surface area contributed by atoms with Crippen LogP contribution in [0.1, 0.15) is 11.6 Å². The Balaban J connectivity index is 3.04. The lowest BCUT2D eigenvalue weighted by atomic mass is 10.1. The van der Waals surface area contributed by atoms with Gasteiger partial charge in [-0.2, -0.15) is 0 Å². The average molecular weight is 259 g/mol. The van der Waals surface area contributed by atoms with Crippen molar-refractivity contribution in [2.75, 3.05) is 27.2 Å². The Kier molecular flexibility index (Phi) is 4.58. The summed E-state index contributed by atoms with van der Waals surface area (Å²) in [7, 11) is -0.540. The van der Waals surface area contributed by atoms with Crippen molar-refractivity contribution in [1.29, 1.82) is 0 Å². The minimum absolute atomic E-state index is 0.108. The second-order valence-electron chi connectivity index (χ2n) is 3.82. The quantitative estimate of drug-likeness (QED) is 0.733. The Morgan fingerprint density at radius 1 is 1.47 bits per heavy atom. The van der Waals surface area contributed by atoms with Crippen LogP contribution in [0.25, 0.3) is 0 Å². The highest BCUT2D eigenvalue weighted by atomic mass is 32.2. The number of nitrogens with two attached hydrogens (primary N) is 1. The van der Waals surface area contributed by atoms with Crippen molar-refractivity contribution in [2.24, 2.45) is 5.73 Å². The Morgan fingerprint density at radius 2 is 2.12 bits per heavy atom. The molecule has 3 N–H and O–H groups in total. The van der Waals surface area contributed by atoms with Crippen LogP contribution < -0.4 is 5.73 Å². The fourth-order valence-corrected chi connectivity index (χ4v) is 2.13. The molecule has 1 unspecified atom stereocenters. The van der Waals surface area contributed by atoms with Gasteiger partial charge in [-0.25, -0.2) is 12.7 Å². The smallest absolute Gasteiger partial charge is 0.244 e. The summed E-state index contributed by atoms with van der Waals surface area (Å²) in [5, 5.41) is 9.05. The molecule has 0 radical (unpaired) electrons. The maximum atomic E-state index is 11.8. The molecule has 0 aliphatic rings. The van der Waals surface area contributed by atoms with Crippen molar-refractivity contribution < 1.29 is 13.5 Å². The molecule has 1 atom stereocenters. The largest absolute Gasteiger partial charge is 0.396 e. The van der Waals surface area contributed by atoms with Crippen LogP contribution in [0.3, 0.4) is 0 Å². The first-order valence-electron chi connectivity index (χ1n) is 5.13. The Labute approximate surface area is 101 Å². The maximum absolute atomic E-state index is 11.8. The second kappa shape index (κ2) is 5.54. The Morgan fingerprint density at radius 3 is 2.47 bits per heavy atom. The van der Waals surface area contributed by atoms with E-state index in [9.17, 15) is 8.42 Å². The van der Waals surface area contributed by atoms with Crippen molar-refractivity contribution in [3.8, 4) is 0 Å². The summed E-state index contributed by atoms with van der Waals surface area (Å²) in [6.07, 6.45) is 1.28. The summed E-state index contributed by atoms with van der Waals surface area (Å²) in [6, 6.07) is 3.04. The number of pyridine rings is 1. The molecular weight excluding hydrogens is 242 g/mol. The normalized spacial score (nSPS) is 13.9. The van der Waals surface area contributed by atoms with Gasteiger partial charge in [0.05, 0.1) is 6.61 Å². The van der Waals surface area contributed by atoms with Gasteiger partial charge in [-0.1, -0.05) is 0 Å². The predicted molar refractivity (Wildman–Crippen MR) is 64.0 cm³/mol. The number of nitrogens with zero attached hydrogens (tertiary/aromatic N) is 2. The van der Waals surface area contributed by atoms with Crippen molar-refractivity contribution in [1.82, 2.24) is 9.29 Å². The first kappa shape index (κ1) is 14.0. The van der Waals surface area contributed by atoms with Crippen LogP contribution in [0.5, 0.6) is 0 Å². The first-order chi connectivity index (χ1) is 7.93. The van der Waals surface area contributed by atoms with E-state index in [1.54, 1.807) is 6.07 Å². The van der Waals surface area contributed by atoms with Crippen LogP contribution >= 0.6 is 0 Å². The molecule has 0 bridgehead atoms. The number of hydrogen-bond donors (Lipinski definition) is 2. The van der Waals surface area contributed by atoms with Crippen molar-refractivity contribution in [3.05, 3.63) is 24.0 Å². The van der Waals surface area contributed by atoms with Crippen LogP contribution in [-0.4, -0.2) is 50.1 Å². The van der Waals surface area contributed by atoms with E-state index in [0.717, 1.165) is 4.31 Å². The van der Waals surface area contributed by atoms with Crippen LogP contribution in [0, 0.1) is 0 Å². The highest BCUT2D eigenvalue weighted by Gasteiger charge is 2.18. The molecule has 96 valence electrons. The monoisotopic (exact) mass is 259 g/mol. The molecular formula is C10H17N3O3S. The summed E-state index contributed by atoms with van der Waals surface area (Å²) in [4.78, 5) is 4.15. The molecule has 0 aliphatic carbocycles. The van der Waals surface area contributed by atoms with Gasteiger partial charge in [-0.05, 0) is 12.1 Å². The number of hydrogen-bond acceptors (Lipinski definition) is 5. The first-order valence-corrected chi connectivity index (χ1v) is 6.57.